The SMILES string of the molecule is Cc1nsc(NS(=O)(=O)c2ccc(N3CCN(C(=O)C(C)n4ccc5cccc(Cl)c54)CC3)cc2)n1. The lowest BCUT2D eigenvalue weighted by molar-refractivity contribution is -0.134. The van der Waals surface area contributed by atoms with Gasteiger partial charge in [0.1, 0.15) is 11.9 Å². The third-order valence-electron chi connectivity index (χ3n) is 6.32. The van der Waals surface area contributed by atoms with E-state index in [1.54, 1.807) is 31.2 Å². The van der Waals surface area contributed by atoms with Gasteiger partial charge in [-0.2, -0.15) is 4.37 Å². The van der Waals surface area contributed by atoms with Crippen molar-refractivity contribution in [2.45, 2.75) is 24.8 Å². The van der Waals surface area contributed by atoms with Crippen molar-refractivity contribution < 1.29 is 13.2 Å². The Bertz CT molecular complexity index is 1510. The summed E-state index contributed by atoms with van der Waals surface area (Å²) in [5, 5.41) is 1.87. The van der Waals surface area contributed by atoms with E-state index < -0.39 is 10.0 Å². The molecule has 2 aromatic carbocycles. The Morgan fingerprint density at radius 3 is 2.47 bits per heavy atom. The Kier molecular flexibility index (Phi) is 6.62. The summed E-state index contributed by atoms with van der Waals surface area (Å²) in [6.45, 7) is 6.06. The van der Waals surface area contributed by atoms with Crippen molar-refractivity contribution in [2.24, 2.45) is 0 Å². The number of para-hydroxylation sites is 1. The lowest BCUT2D eigenvalue weighted by Crippen LogP contribution is -2.50. The van der Waals surface area contributed by atoms with Crippen LogP contribution in [0.2, 0.25) is 5.02 Å². The fraction of sp³-hybridized carbons (Fsp3) is 0.292. The minimum atomic E-state index is -3.74. The Balaban J connectivity index is 1.22. The number of hydrogen-bond donors (Lipinski definition) is 1. The monoisotopic (exact) mass is 544 g/mol. The standard InChI is InChI=1S/C24H25ClN6O3S2/c1-16(31-11-10-18-4-3-5-21(25)22(18)31)23(32)30-14-12-29(13-15-30)19-6-8-20(9-7-19)36(33,34)28-24-26-17(2)27-35-24/h3-11,16H,12-15H2,1-2H3,(H,26,27,28). The summed E-state index contributed by atoms with van der Waals surface area (Å²) in [7, 11) is -3.74. The van der Waals surface area contributed by atoms with Gasteiger partial charge in [-0.25, -0.2) is 13.4 Å². The number of aryl methyl sites for hydroxylation is 1. The van der Waals surface area contributed by atoms with Gasteiger partial charge in [0, 0.05) is 55.0 Å². The number of anilines is 2. The average Bonchev–Trinajstić information content (AvgIpc) is 3.49. The van der Waals surface area contributed by atoms with Crippen LogP contribution in [0, 0.1) is 6.92 Å². The van der Waals surface area contributed by atoms with E-state index in [-0.39, 0.29) is 22.0 Å². The van der Waals surface area contributed by atoms with Crippen LogP contribution in [-0.4, -0.2) is 59.3 Å². The van der Waals surface area contributed by atoms with E-state index in [0.29, 0.717) is 37.0 Å². The molecular weight excluding hydrogens is 520 g/mol. The summed E-state index contributed by atoms with van der Waals surface area (Å²) < 4.78 is 33.7. The number of carbonyl (C=O) groups excluding carboxylic acids is 1. The second kappa shape index (κ2) is 9.72. The summed E-state index contributed by atoms with van der Waals surface area (Å²) in [5.41, 5.74) is 1.77. The number of nitrogens with zero attached hydrogens (tertiary/aromatic N) is 5. The van der Waals surface area contributed by atoms with Gasteiger partial charge in [0.05, 0.1) is 15.4 Å². The minimum Gasteiger partial charge on any atom is -0.368 e. The highest BCUT2D eigenvalue weighted by Crippen LogP contribution is 2.28. The molecule has 0 aliphatic carbocycles. The maximum Gasteiger partial charge on any atom is 0.263 e. The summed E-state index contributed by atoms with van der Waals surface area (Å²) >= 11 is 7.41. The fourth-order valence-corrected chi connectivity index (χ4v) is 6.49. The number of carbonyl (C=O) groups is 1. The third-order valence-corrected chi connectivity index (χ3v) is 8.83. The zero-order chi connectivity index (χ0) is 25.4. The molecule has 5 rings (SSSR count). The highest BCUT2D eigenvalue weighted by Gasteiger charge is 2.27. The fourth-order valence-electron chi connectivity index (χ4n) is 4.41. The van der Waals surface area contributed by atoms with Crippen LogP contribution in [0.25, 0.3) is 10.9 Å². The number of amides is 1. The highest BCUT2D eigenvalue weighted by molar-refractivity contribution is 7.93. The molecule has 36 heavy (non-hydrogen) atoms. The smallest absolute Gasteiger partial charge is 0.263 e. The van der Waals surface area contributed by atoms with Crippen LogP contribution in [-0.2, 0) is 14.8 Å². The van der Waals surface area contributed by atoms with Gasteiger partial charge >= 0.3 is 0 Å². The van der Waals surface area contributed by atoms with Crippen LogP contribution in [0.3, 0.4) is 0 Å². The first-order valence-electron chi connectivity index (χ1n) is 11.4. The van der Waals surface area contributed by atoms with Crippen molar-refractivity contribution in [2.75, 3.05) is 35.8 Å². The van der Waals surface area contributed by atoms with E-state index in [0.717, 1.165) is 28.1 Å². The van der Waals surface area contributed by atoms with Crippen molar-refractivity contribution in [1.29, 1.82) is 0 Å². The number of rotatable bonds is 6. The first-order valence-corrected chi connectivity index (χ1v) is 14.1. The molecule has 1 aliphatic rings. The molecule has 0 saturated carbocycles. The van der Waals surface area contributed by atoms with Gasteiger partial charge in [-0.05, 0) is 50.2 Å². The van der Waals surface area contributed by atoms with E-state index in [1.807, 2.05) is 46.9 Å². The number of benzene rings is 2. The highest BCUT2D eigenvalue weighted by atomic mass is 35.5. The first kappa shape index (κ1) is 24.5. The van der Waals surface area contributed by atoms with Crippen molar-refractivity contribution >= 4 is 60.8 Å². The number of piperazine rings is 1. The van der Waals surface area contributed by atoms with Crippen LogP contribution in [0.5, 0.6) is 0 Å². The molecule has 0 spiro atoms. The van der Waals surface area contributed by atoms with Gasteiger partial charge in [0.2, 0.25) is 11.0 Å². The molecule has 9 nitrogen and oxygen atoms in total. The van der Waals surface area contributed by atoms with Gasteiger partial charge in [0.15, 0.2) is 0 Å². The van der Waals surface area contributed by atoms with Gasteiger partial charge in [0.25, 0.3) is 10.0 Å². The number of halogens is 1. The molecular formula is C24H25ClN6O3S2. The molecule has 1 N–H and O–H groups in total. The topological polar surface area (TPSA) is 100 Å². The van der Waals surface area contributed by atoms with E-state index in [1.165, 1.54) is 0 Å². The summed E-state index contributed by atoms with van der Waals surface area (Å²) in [4.78, 5) is 21.5. The van der Waals surface area contributed by atoms with Crippen LogP contribution in [0.4, 0.5) is 10.8 Å². The Morgan fingerprint density at radius 2 is 1.81 bits per heavy atom. The van der Waals surface area contributed by atoms with E-state index in [9.17, 15) is 13.2 Å². The van der Waals surface area contributed by atoms with E-state index >= 15 is 0 Å². The number of hydrogen-bond acceptors (Lipinski definition) is 7. The molecule has 12 heteroatoms. The maximum absolute atomic E-state index is 13.3. The van der Waals surface area contributed by atoms with Gasteiger partial charge < -0.3 is 14.4 Å². The summed E-state index contributed by atoms with van der Waals surface area (Å²) in [5.74, 6) is 0.567. The van der Waals surface area contributed by atoms with Gasteiger partial charge in [-0.3, -0.25) is 9.52 Å². The summed E-state index contributed by atoms with van der Waals surface area (Å²) in [6.07, 6.45) is 1.91. The normalized spacial score (nSPS) is 15.3. The Labute approximate surface area is 218 Å². The largest absolute Gasteiger partial charge is 0.368 e. The second-order valence-corrected chi connectivity index (χ2v) is 11.5. The lowest BCUT2D eigenvalue weighted by Gasteiger charge is -2.37. The molecule has 1 amide bonds. The van der Waals surface area contributed by atoms with Crippen LogP contribution >= 0.6 is 23.1 Å². The molecule has 1 fully saturated rings. The molecule has 1 saturated heterocycles. The number of nitrogens with one attached hydrogen (secondary N) is 1. The van der Waals surface area contributed by atoms with Crippen molar-refractivity contribution in [1.82, 2.24) is 18.8 Å². The van der Waals surface area contributed by atoms with E-state index in [4.69, 9.17) is 11.6 Å². The Morgan fingerprint density at radius 1 is 1.08 bits per heavy atom. The molecule has 1 atom stereocenters. The second-order valence-electron chi connectivity index (χ2n) is 8.64. The quantitative estimate of drug-likeness (QED) is 0.391. The van der Waals surface area contributed by atoms with Crippen molar-refractivity contribution in [3.8, 4) is 0 Å². The molecule has 4 aromatic rings. The lowest BCUT2D eigenvalue weighted by atomic mass is 10.2. The predicted octanol–water partition coefficient (Wildman–Crippen LogP) is 4.17. The van der Waals surface area contributed by atoms with Crippen LogP contribution in [0.1, 0.15) is 18.8 Å². The zero-order valence-corrected chi connectivity index (χ0v) is 22.1. The van der Waals surface area contributed by atoms with E-state index in [2.05, 4.69) is 19.0 Å². The molecule has 188 valence electrons. The molecule has 0 bridgehead atoms. The Hall–Kier alpha value is -3.15. The third kappa shape index (κ3) is 4.78. The van der Waals surface area contributed by atoms with Crippen molar-refractivity contribution in [3.63, 3.8) is 0 Å². The number of fused-ring (bicyclic) bond motifs is 1. The first-order chi connectivity index (χ1) is 17.2. The summed E-state index contributed by atoms with van der Waals surface area (Å²) in [6, 6.07) is 14.0. The molecule has 2 aromatic heterocycles. The predicted molar refractivity (Wildman–Crippen MR) is 142 cm³/mol. The molecule has 3 heterocycles. The maximum atomic E-state index is 13.3. The molecule has 1 unspecified atom stereocenters. The zero-order valence-electron chi connectivity index (χ0n) is 19.8. The minimum absolute atomic E-state index is 0.0477. The van der Waals surface area contributed by atoms with Crippen LogP contribution < -0.4 is 9.62 Å². The average molecular weight is 545 g/mol. The van der Waals surface area contributed by atoms with Gasteiger partial charge in [-0.1, -0.05) is 23.7 Å². The number of aromatic nitrogens is 3. The van der Waals surface area contributed by atoms with Crippen molar-refractivity contribution in [3.05, 3.63) is 65.6 Å². The number of sulfonamides is 1. The molecule has 0 radical (unpaired) electrons. The van der Waals surface area contributed by atoms with Crippen LogP contribution in [0.15, 0.2) is 59.6 Å². The molecule has 1 aliphatic heterocycles. The van der Waals surface area contributed by atoms with Gasteiger partial charge in [-0.15, -0.1) is 0 Å².